The van der Waals surface area contributed by atoms with Crippen LogP contribution in [0.15, 0.2) is 10.7 Å². The number of amides is 2. The monoisotopic (exact) mass is 377 g/mol. The number of hydrogen-bond donors (Lipinski definition) is 0. The number of morpholine rings is 1. The van der Waals surface area contributed by atoms with Gasteiger partial charge in [-0.1, -0.05) is 0 Å². The number of nitrogens with zero attached hydrogens (tertiary/aromatic N) is 3. The van der Waals surface area contributed by atoms with Crippen molar-refractivity contribution in [2.75, 3.05) is 39.5 Å². The number of piperidine rings is 1. The molecule has 3 aliphatic rings. The molecule has 3 fully saturated rings. The van der Waals surface area contributed by atoms with E-state index in [0.717, 1.165) is 25.7 Å². The summed E-state index contributed by atoms with van der Waals surface area (Å²) in [5, 5.41) is 0. The molecule has 27 heavy (non-hydrogen) atoms. The standard InChI is InChI=1S/C19H27N3O5/c23-18(16-13-26-17(20-16)11-14-4-5-14)22-6-2-1-3-15(22)12-27-19(24)21-7-9-25-10-8-21/h13-15H,1-12H2. The van der Waals surface area contributed by atoms with Crippen molar-refractivity contribution < 1.29 is 23.5 Å². The zero-order chi connectivity index (χ0) is 18.6. The van der Waals surface area contributed by atoms with Gasteiger partial charge in [0.05, 0.1) is 19.3 Å². The first kappa shape index (κ1) is 18.3. The van der Waals surface area contributed by atoms with E-state index in [1.807, 2.05) is 0 Å². The smallest absolute Gasteiger partial charge is 0.409 e. The maximum absolute atomic E-state index is 12.9. The highest BCUT2D eigenvalue weighted by molar-refractivity contribution is 5.92. The molecule has 0 N–H and O–H groups in total. The van der Waals surface area contributed by atoms with E-state index >= 15 is 0 Å². The molecule has 1 saturated carbocycles. The summed E-state index contributed by atoms with van der Waals surface area (Å²) in [6.45, 7) is 3.05. The fourth-order valence-electron chi connectivity index (χ4n) is 3.66. The van der Waals surface area contributed by atoms with E-state index in [4.69, 9.17) is 13.9 Å². The molecule has 0 aromatic carbocycles. The van der Waals surface area contributed by atoms with Crippen molar-refractivity contribution in [2.24, 2.45) is 5.92 Å². The Kier molecular flexibility index (Phi) is 5.61. The Morgan fingerprint density at radius 2 is 1.96 bits per heavy atom. The number of rotatable bonds is 5. The van der Waals surface area contributed by atoms with Gasteiger partial charge in [-0.25, -0.2) is 9.78 Å². The quantitative estimate of drug-likeness (QED) is 0.781. The second-order valence-electron chi connectivity index (χ2n) is 7.60. The molecule has 8 nitrogen and oxygen atoms in total. The van der Waals surface area contributed by atoms with Crippen LogP contribution in [0.5, 0.6) is 0 Å². The lowest BCUT2D eigenvalue weighted by Crippen LogP contribution is -2.48. The van der Waals surface area contributed by atoms with E-state index in [9.17, 15) is 9.59 Å². The molecular weight excluding hydrogens is 350 g/mol. The molecule has 1 aromatic rings. The third kappa shape index (κ3) is 4.61. The van der Waals surface area contributed by atoms with Gasteiger partial charge in [-0.05, 0) is 38.0 Å². The number of carbonyl (C=O) groups is 2. The zero-order valence-corrected chi connectivity index (χ0v) is 15.6. The van der Waals surface area contributed by atoms with Crippen LogP contribution in [0.1, 0.15) is 48.5 Å². The second-order valence-corrected chi connectivity index (χ2v) is 7.60. The predicted molar refractivity (Wildman–Crippen MR) is 95.3 cm³/mol. The van der Waals surface area contributed by atoms with Crippen LogP contribution in [-0.2, 0) is 15.9 Å². The molecule has 3 heterocycles. The third-order valence-electron chi connectivity index (χ3n) is 5.49. The fraction of sp³-hybridized carbons (Fsp3) is 0.737. The number of carbonyl (C=O) groups excluding carboxylic acids is 2. The van der Waals surface area contributed by atoms with Crippen LogP contribution in [-0.4, -0.2) is 72.3 Å². The maximum Gasteiger partial charge on any atom is 0.409 e. The van der Waals surface area contributed by atoms with Crippen LogP contribution in [0.4, 0.5) is 4.79 Å². The summed E-state index contributed by atoms with van der Waals surface area (Å²) in [7, 11) is 0. The number of aromatic nitrogens is 1. The topological polar surface area (TPSA) is 85.1 Å². The van der Waals surface area contributed by atoms with E-state index in [1.54, 1.807) is 9.80 Å². The normalized spacial score (nSPS) is 23.3. The average molecular weight is 377 g/mol. The summed E-state index contributed by atoms with van der Waals surface area (Å²) in [4.78, 5) is 32.9. The summed E-state index contributed by atoms with van der Waals surface area (Å²) < 4.78 is 16.2. The molecule has 4 rings (SSSR count). The van der Waals surface area contributed by atoms with Gasteiger partial charge >= 0.3 is 6.09 Å². The second kappa shape index (κ2) is 8.29. The Labute approximate surface area is 158 Å². The van der Waals surface area contributed by atoms with E-state index in [2.05, 4.69) is 4.98 Å². The van der Waals surface area contributed by atoms with Crippen molar-refractivity contribution in [1.29, 1.82) is 0 Å². The van der Waals surface area contributed by atoms with Crippen molar-refractivity contribution >= 4 is 12.0 Å². The summed E-state index contributed by atoms with van der Waals surface area (Å²) in [5.41, 5.74) is 0.358. The number of ether oxygens (including phenoxy) is 2. The minimum absolute atomic E-state index is 0.111. The molecule has 148 valence electrons. The lowest BCUT2D eigenvalue weighted by atomic mass is 10.0. The highest BCUT2D eigenvalue weighted by atomic mass is 16.6. The molecule has 1 atom stereocenters. The van der Waals surface area contributed by atoms with Gasteiger partial charge in [0.25, 0.3) is 5.91 Å². The molecule has 8 heteroatoms. The molecule has 0 bridgehead atoms. The molecular formula is C19H27N3O5. The van der Waals surface area contributed by atoms with Crippen LogP contribution in [0.25, 0.3) is 0 Å². The van der Waals surface area contributed by atoms with Crippen LogP contribution in [0, 0.1) is 5.92 Å². The van der Waals surface area contributed by atoms with Crippen molar-refractivity contribution in [3.05, 3.63) is 17.8 Å². The molecule has 2 saturated heterocycles. The first-order chi connectivity index (χ1) is 13.2. The van der Waals surface area contributed by atoms with Crippen LogP contribution in [0.2, 0.25) is 0 Å². The summed E-state index contributed by atoms with van der Waals surface area (Å²) in [5.74, 6) is 1.18. The Morgan fingerprint density at radius 3 is 2.74 bits per heavy atom. The Balaban J connectivity index is 1.34. The van der Waals surface area contributed by atoms with Crippen LogP contribution < -0.4 is 0 Å². The highest BCUT2D eigenvalue weighted by Crippen LogP contribution is 2.32. The Hall–Kier alpha value is -2.09. The zero-order valence-electron chi connectivity index (χ0n) is 15.6. The lowest BCUT2D eigenvalue weighted by molar-refractivity contribution is 0.0129. The SMILES string of the molecule is O=C(OCC1CCCCN1C(=O)c1coc(CC2CC2)n1)N1CCOCC1. The van der Waals surface area contributed by atoms with Gasteiger partial charge in [-0.2, -0.15) is 0 Å². The lowest BCUT2D eigenvalue weighted by Gasteiger charge is -2.35. The van der Waals surface area contributed by atoms with E-state index in [0.29, 0.717) is 50.4 Å². The molecule has 2 aliphatic heterocycles. The fourth-order valence-corrected chi connectivity index (χ4v) is 3.66. The van der Waals surface area contributed by atoms with Gasteiger partial charge in [-0.3, -0.25) is 4.79 Å². The summed E-state index contributed by atoms with van der Waals surface area (Å²) in [6.07, 6.45) is 7.18. The largest absolute Gasteiger partial charge is 0.448 e. The first-order valence-corrected chi connectivity index (χ1v) is 9.95. The molecule has 2 amide bonds. The van der Waals surface area contributed by atoms with E-state index in [-0.39, 0.29) is 24.6 Å². The first-order valence-electron chi connectivity index (χ1n) is 9.95. The van der Waals surface area contributed by atoms with Gasteiger partial charge in [0, 0.05) is 26.1 Å². The van der Waals surface area contributed by atoms with Gasteiger partial charge in [-0.15, -0.1) is 0 Å². The third-order valence-corrected chi connectivity index (χ3v) is 5.49. The van der Waals surface area contributed by atoms with Crippen LogP contribution >= 0.6 is 0 Å². The van der Waals surface area contributed by atoms with Crippen molar-refractivity contribution in [2.45, 2.75) is 44.6 Å². The molecule has 1 unspecified atom stereocenters. The summed E-state index contributed by atoms with van der Waals surface area (Å²) >= 11 is 0. The van der Waals surface area contributed by atoms with Gasteiger partial charge < -0.3 is 23.7 Å². The number of oxazole rings is 1. The molecule has 1 aliphatic carbocycles. The van der Waals surface area contributed by atoms with Crippen LogP contribution in [0.3, 0.4) is 0 Å². The Bertz CT molecular complexity index is 666. The summed E-state index contributed by atoms with van der Waals surface area (Å²) in [6, 6.07) is -0.111. The van der Waals surface area contributed by atoms with Gasteiger partial charge in [0.15, 0.2) is 11.6 Å². The van der Waals surface area contributed by atoms with Crippen molar-refractivity contribution in [3.8, 4) is 0 Å². The van der Waals surface area contributed by atoms with E-state index < -0.39 is 0 Å². The highest BCUT2D eigenvalue weighted by Gasteiger charge is 2.31. The number of likely N-dealkylation sites (tertiary alicyclic amines) is 1. The van der Waals surface area contributed by atoms with Gasteiger partial charge in [0.1, 0.15) is 12.9 Å². The maximum atomic E-state index is 12.9. The Morgan fingerprint density at radius 1 is 1.15 bits per heavy atom. The van der Waals surface area contributed by atoms with Gasteiger partial charge in [0.2, 0.25) is 0 Å². The molecule has 0 radical (unpaired) electrons. The average Bonchev–Trinajstić information content (AvgIpc) is 3.41. The van der Waals surface area contributed by atoms with E-state index in [1.165, 1.54) is 19.1 Å². The predicted octanol–water partition coefficient (Wildman–Crippen LogP) is 2.09. The van der Waals surface area contributed by atoms with Crippen molar-refractivity contribution in [3.63, 3.8) is 0 Å². The minimum atomic E-state index is -0.329. The molecule has 0 spiro atoms. The van der Waals surface area contributed by atoms with Crippen molar-refractivity contribution in [1.82, 2.24) is 14.8 Å². The molecule has 1 aromatic heterocycles. The number of hydrogen-bond acceptors (Lipinski definition) is 6. The minimum Gasteiger partial charge on any atom is -0.448 e.